The molecule has 1 aliphatic heterocycles. The summed E-state index contributed by atoms with van der Waals surface area (Å²) in [5.74, 6) is 0.109. The minimum atomic E-state index is -0.478. The summed E-state index contributed by atoms with van der Waals surface area (Å²) >= 11 is 0. The summed E-state index contributed by atoms with van der Waals surface area (Å²) in [4.78, 5) is 16.3. The van der Waals surface area contributed by atoms with Gasteiger partial charge in [0.05, 0.1) is 12.1 Å². The number of carbonyl (C=O) groups is 1. The molecular formula is C17H26N2O2. The SMILES string of the molecule is C[C@H](O)[C@@H]1CC(=O)N(C)[C@@H](Cc2ccccc2)[C@@H]1N(C)C. The van der Waals surface area contributed by atoms with Gasteiger partial charge < -0.3 is 14.9 Å². The highest BCUT2D eigenvalue weighted by molar-refractivity contribution is 5.78. The third-order valence-electron chi connectivity index (χ3n) is 4.64. The number of aliphatic hydroxyl groups excluding tert-OH is 1. The van der Waals surface area contributed by atoms with Gasteiger partial charge in [0.1, 0.15) is 0 Å². The van der Waals surface area contributed by atoms with E-state index in [0.717, 1.165) is 6.42 Å². The average molecular weight is 290 g/mol. The summed E-state index contributed by atoms with van der Waals surface area (Å²) in [7, 11) is 5.94. The molecule has 21 heavy (non-hydrogen) atoms. The molecule has 0 aromatic heterocycles. The molecule has 0 radical (unpaired) electrons. The van der Waals surface area contributed by atoms with Crippen LogP contribution < -0.4 is 0 Å². The molecule has 1 aliphatic rings. The Bertz CT molecular complexity index is 473. The number of benzene rings is 1. The van der Waals surface area contributed by atoms with Gasteiger partial charge in [-0.3, -0.25) is 4.79 Å². The van der Waals surface area contributed by atoms with E-state index in [1.807, 2.05) is 44.2 Å². The second-order valence-electron chi connectivity index (χ2n) is 6.32. The molecule has 1 aromatic rings. The quantitative estimate of drug-likeness (QED) is 0.911. The van der Waals surface area contributed by atoms with Crippen LogP contribution >= 0.6 is 0 Å². The first-order valence-electron chi connectivity index (χ1n) is 7.56. The zero-order valence-electron chi connectivity index (χ0n) is 13.4. The zero-order valence-corrected chi connectivity index (χ0v) is 13.4. The summed E-state index contributed by atoms with van der Waals surface area (Å²) in [6.07, 6.45) is 0.755. The van der Waals surface area contributed by atoms with Gasteiger partial charge in [0, 0.05) is 25.4 Å². The van der Waals surface area contributed by atoms with Crippen LogP contribution in [0.4, 0.5) is 0 Å². The molecule has 1 saturated heterocycles. The van der Waals surface area contributed by atoms with Crippen LogP contribution in [0.3, 0.4) is 0 Å². The van der Waals surface area contributed by atoms with E-state index < -0.39 is 6.10 Å². The third-order valence-corrected chi connectivity index (χ3v) is 4.64. The van der Waals surface area contributed by atoms with Crippen molar-refractivity contribution in [2.75, 3.05) is 21.1 Å². The Morgan fingerprint density at radius 1 is 1.33 bits per heavy atom. The lowest BCUT2D eigenvalue weighted by atomic mass is 9.79. The van der Waals surface area contributed by atoms with E-state index in [0.29, 0.717) is 6.42 Å². The van der Waals surface area contributed by atoms with Crippen molar-refractivity contribution < 1.29 is 9.90 Å². The molecule has 0 spiro atoms. The van der Waals surface area contributed by atoms with Crippen LogP contribution in [0.2, 0.25) is 0 Å². The van der Waals surface area contributed by atoms with E-state index in [9.17, 15) is 9.90 Å². The molecule has 4 nitrogen and oxygen atoms in total. The molecule has 4 heteroatoms. The highest BCUT2D eigenvalue weighted by Crippen LogP contribution is 2.31. The maximum atomic E-state index is 12.3. The van der Waals surface area contributed by atoms with Crippen molar-refractivity contribution in [1.82, 2.24) is 9.80 Å². The first kappa shape index (κ1) is 16.0. The Balaban J connectivity index is 2.30. The summed E-state index contributed by atoms with van der Waals surface area (Å²) in [6.45, 7) is 1.79. The molecule has 2 rings (SSSR count). The fourth-order valence-corrected chi connectivity index (χ4v) is 3.46. The molecular weight excluding hydrogens is 264 g/mol. The number of nitrogens with zero attached hydrogens (tertiary/aromatic N) is 2. The fourth-order valence-electron chi connectivity index (χ4n) is 3.46. The lowest BCUT2D eigenvalue weighted by Gasteiger charge is -2.47. The van der Waals surface area contributed by atoms with Crippen molar-refractivity contribution in [2.45, 2.75) is 38.0 Å². The van der Waals surface area contributed by atoms with Crippen LogP contribution in [0.15, 0.2) is 30.3 Å². The summed E-state index contributed by atoms with van der Waals surface area (Å²) < 4.78 is 0. The Morgan fingerprint density at radius 3 is 2.48 bits per heavy atom. The van der Waals surface area contributed by atoms with E-state index in [4.69, 9.17) is 0 Å². The Hall–Kier alpha value is -1.39. The number of hydrogen-bond donors (Lipinski definition) is 1. The van der Waals surface area contributed by atoms with Crippen LogP contribution in [0, 0.1) is 5.92 Å². The first-order chi connectivity index (χ1) is 9.91. The minimum Gasteiger partial charge on any atom is -0.393 e. The normalized spacial score (nSPS) is 28.0. The number of likely N-dealkylation sites (N-methyl/N-ethyl adjacent to an activating group) is 2. The fraction of sp³-hybridized carbons (Fsp3) is 0.588. The highest BCUT2D eigenvalue weighted by atomic mass is 16.3. The Morgan fingerprint density at radius 2 is 1.95 bits per heavy atom. The average Bonchev–Trinajstić information content (AvgIpc) is 2.44. The van der Waals surface area contributed by atoms with Crippen molar-refractivity contribution in [2.24, 2.45) is 5.92 Å². The highest BCUT2D eigenvalue weighted by Gasteiger charge is 2.43. The molecule has 1 heterocycles. The number of amides is 1. The maximum Gasteiger partial charge on any atom is 0.223 e. The number of hydrogen-bond acceptors (Lipinski definition) is 3. The number of rotatable bonds is 4. The van der Waals surface area contributed by atoms with Crippen LogP contribution in [0.5, 0.6) is 0 Å². The molecule has 0 bridgehead atoms. The Labute approximate surface area is 127 Å². The lowest BCUT2D eigenvalue weighted by molar-refractivity contribution is -0.143. The van der Waals surface area contributed by atoms with Crippen molar-refractivity contribution in [3.63, 3.8) is 0 Å². The zero-order chi connectivity index (χ0) is 15.6. The molecule has 0 unspecified atom stereocenters. The summed E-state index contributed by atoms with van der Waals surface area (Å²) in [5.41, 5.74) is 1.22. The van der Waals surface area contributed by atoms with Gasteiger partial charge in [-0.05, 0) is 33.0 Å². The van der Waals surface area contributed by atoms with E-state index in [2.05, 4.69) is 17.0 Å². The largest absolute Gasteiger partial charge is 0.393 e. The standard InChI is InChI=1S/C17H26N2O2/c1-12(20)14-11-16(21)19(4)15(17(14)18(2)3)10-13-8-6-5-7-9-13/h5-9,12,14-15,17,20H,10-11H2,1-4H3/t12-,14-,15-,17+/m0/s1. The smallest absolute Gasteiger partial charge is 0.223 e. The van der Waals surface area contributed by atoms with Crippen LogP contribution in [-0.2, 0) is 11.2 Å². The van der Waals surface area contributed by atoms with E-state index in [-0.39, 0.29) is 23.9 Å². The molecule has 116 valence electrons. The second kappa shape index (κ2) is 6.58. The minimum absolute atomic E-state index is 0.0163. The van der Waals surface area contributed by atoms with Gasteiger partial charge in [-0.1, -0.05) is 30.3 Å². The van der Waals surface area contributed by atoms with Gasteiger partial charge in [0.2, 0.25) is 5.91 Å². The predicted molar refractivity (Wildman–Crippen MR) is 84.0 cm³/mol. The topological polar surface area (TPSA) is 43.8 Å². The van der Waals surface area contributed by atoms with Crippen LogP contribution in [-0.4, -0.2) is 60.1 Å². The number of likely N-dealkylation sites (tertiary alicyclic amines) is 1. The third kappa shape index (κ3) is 3.44. The monoisotopic (exact) mass is 290 g/mol. The van der Waals surface area contributed by atoms with Crippen molar-refractivity contribution in [1.29, 1.82) is 0 Å². The number of carbonyl (C=O) groups excluding carboxylic acids is 1. The van der Waals surface area contributed by atoms with Gasteiger partial charge in [-0.25, -0.2) is 0 Å². The van der Waals surface area contributed by atoms with Crippen molar-refractivity contribution in [3.05, 3.63) is 35.9 Å². The number of aliphatic hydroxyl groups is 1. The van der Waals surface area contributed by atoms with Crippen molar-refractivity contribution >= 4 is 5.91 Å². The van der Waals surface area contributed by atoms with Gasteiger partial charge in [0.15, 0.2) is 0 Å². The molecule has 1 N–H and O–H groups in total. The van der Waals surface area contributed by atoms with E-state index >= 15 is 0 Å². The molecule has 1 aromatic carbocycles. The Kier molecular flexibility index (Phi) is 5.01. The lowest BCUT2D eigenvalue weighted by Crippen LogP contribution is -2.61. The van der Waals surface area contributed by atoms with E-state index in [1.165, 1.54) is 5.56 Å². The molecule has 0 saturated carbocycles. The molecule has 1 fully saturated rings. The predicted octanol–water partition coefficient (Wildman–Crippen LogP) is 1.39. The maximum absolute atomic E-state index is 12.3. The molecule has 1 amide bonds. The summed E-state index contributed by atoms with van der Waals surface area (Å²) in [6, 6.07) is 10.5. The summed E-state index contributed by atoms with van der Waals surface area (Å²) in [5, 5.41) is 10.1. The van der Waals surface area contributed by atoms with Gasteiger partial charge >= 0.3 is 0 Å². The molecule has 4 atom stereocenters. The second-order valence-corrected chi connectivity index (χ2v) is 6.32. The van der Waals surface area contributed by atoms with Gasteiger partial charge in [-0.15, -0.1) is 0 Å². The van der Waals surface area contributed by atoms with E-state index in [1.54, 1.807) is 6.92 Å². The van der Waals surface area contributed by atoms with Crippen LogP contribution in [0.1, 0.15) is 18.9 Å². The molecule has 0 aliphatic carbocycles. The van der Waals surface area contributed by atoms with Crippen LogP contribution in [0.25, 0.3) is 0 Å². The van der Waals surface area contributed by atoms with Gasteiger partial charge in [0.25, 0.3) is 0 Å². The first-order valence-corrected chi connectivity index (χ1v) is 7.56. The van der Waals surface area contributed by atoms with Crippen molar-refractivity contribution in [3.8, 4) is 0 Å². The number of piperidine rings is 1. The van der Waals surface area contributed by atoms with Gasteiger partial charge in [-0.2, -0.15) is 0 Å².